The normalized spacial score (nSPS) is 10.2. The van der Waals surface area contributed by atoms with Crippen LogP contribution in [0.1, 0.15) is 12.8 Å². The monoisotopic (exact) mass is 281 g/mol. The van der Waals surface area contributed by atoms with Crippen LogP contribution in [-0.4, -0.2) is 28.6 Å². The smallest absolute Gasteiger partial charge is 0.396 e. The molecule has 2 aromatic rings. The zero-order valence-corrected chi connectivity index (χ0v) is 10.9. The van der Waals surface area contributed by atoms with E-state index in [0.29, 0.717) is 5.82 Å². The highest BCUT2D eigenvalue weighted by atomic mass is 32.1. The molecule has 0 aromatic carbocycles. The van der Waals surface area contributed by atoms with E-state index in [2.05, 4.69) is 20.2 Å². The van der Waals surface area contributed by atoms with Gasteiger partial charge in [0.15, 0.2) is 0 Å². The van der Waals surface area contributed by atoms with E-state index >= 15 is 0 Å². The van der Waals surface area contributed by atoms with Crippen molar-refractivity contribution in [3.8, 4) is 10.7 Å². The minimum Gasteiger partial charge on any atom is -0.459 e. The number of nitrogens with one attached hydrogen (secondary N) is 1. The van der Waals surface area contributed by atoms with Gasteiger partial charge in [-0.25, -0.2) is 4.79 Å². The molecule has 1 amide bonds. The van der Waals surface area contributed by atoms with E-state index in [0.717, 1.165) is 4.88 Å². The molecule has 2 rings (SSSR count). The SMILES string of the molecule is CCOC(=O)C(=O)NCc1nc(-c2cccs2)no1. The number of thiophene rings is 1. The third kappa shape index (κ3) is 3.38. The van der Waals surface area contributed by atoms with E-state index in [-0.39, 0.29) is 19.0 Å². The standard InChI is InChI=1S/C11H11N3O4S/c1-2-17-11(16)10(15)12-6-8-13-9(14-18-8)7-4-3-5-19-7/h3-5H,2,6H2,1H3,(H,12,15). The van der Waals surface area contributed by atoms with Gasteiger partial charge in [0.25, 0.3) is 0 Å². The largest absolute Gasteiger partial charge is 0.459 e. The lowest BCUT2D eigenvalue weighted by molar-refractivity contribution is -0.154. The van der Waals surface area contributed by atoms with Crippen molar-refractivity contribution in [2.45, 2.75) is 13.5 Å². The van der Waals surface area contributed by atoms with Crippen LogP contribution in [0.15, 0.2) is 22.0 Å². The van der Waals surface area contributed by atoms with Crippen molar-refractivity contribution < 1.29 is 18.8 Å². The summed E-state index contributed by atoms with van der Waals surface area (Å²) in [5.74, 6) is -1.09. The molecule has 1 N–H and O–H groups in total. The molecular weight excluding hydrogens is 270 g/mol. The second kappa shape index (κ2) is 6.10. The first-order valence-electron chi connectivity index (χ1n) is 5.52. The van der Waals surface area contributed by atoms with Gasteiger partial charge in [-0.15, -0.1) is 11.3 Å². The fourth-order valence-corrected chi connectivity index (χ4v) is 1.91. The van der Waals surface area contributed by atoms with Crippen LogP contribution in [0.3, 0.4) is 0 Å². The highest BCUT2D eigenvalue weighted by Crippen LogP contribution is 2.20. The lowest BCUT2D eigenvalue weighted by Gasteiger charge is -2.00. The second-order valence-corrected chi connectivity index (χ2v) is 4.34. The summed E-state index contributed by atoms with van der Waals surface area (Å²) >= 11 is 1.48. The Morgan fingerprint density at radius 3 is 3.05 bits per heavy atom. The molecule has 0 atom stereocenters. The van der Waals surface area contributed by atoms with Gasteiger partial charge >= 0.3 is 11.9 Å². The van der Waals surface area contributed by atoms with Crippen LogP contribution in [0.4, 0.5) is 0 Å². The maximum atomic E-state index is 11.3. The number of carbonyl (C=O) groups is 2. The summed E-state index contributed by atoms with van der Waals surface area (Å²) in [5.41, 5.74) is 0. The van der Waals surface area contributed by atoms with Crippen molar-refractivity contribution in [1.29, 1.82) is 0 Å². The zero-order valence-electron chi connectivity index (χ0n) is 10.1. The second-order valence-electron chi connectivity index (χ2n) is 3.39. The highest BCUT2D eigenvalue weighted by molar-refractivity contribution is 7.13. The van der Waals surface area contributed by atoms with Gasteiger partial charge in [0.2, 0.25) is 11.7 Å². The van der Waals surface area contributed by atoms with Gasteiger partial charge in [-0.1, -0.05) is 11.2 Å². The summed E-state index contributed by atoms with van der Waals surface area (Å²) in [6.45, 7) is 1.75. The predicted molar refractivity (Wildman–Crippen MR) is 66.1 cm³/mol. The molecule has 0 aliphatic rings. The Kier molecular flexibility index (Phi) is 4.24. The lowest BCUT2D eigenvalue weighted by atomic mass is 10.4. The van der Waals surface area contributed by atoms with Crippen molar-refractivity contribution in [3.63, 3.8) is 0 Å². The van der Waals surface area contributed by atoms with Gasteiger partial charge in [-0.05, 0) is 18.4 Å². The molecule has 0 aliphatic carbocycles. The first-order valence-corrected chi connectivity index (χ1v) is 6.40. The van der Waals surface area contributed by atoms with Crippen LogP contribution in [-0.2, 0) is 20.9 Å². The topological polar surface area (TPSA) is 94.3 Å². The molecule has 2 heterocycles. The van der Waals surface area contributed by atoms with Crippen LogP contribution < -0.4 is 5.32 Å². The van der Waals surface area contributed by atoms with E-state index in [4.69, 9.17) is 4.52 Å². The predicted octanol–water partition coefficient (Wildman–Crippen LogP) is 0.977. The molecule has 0 aliphatic heterocycles. The molecule has 0 unspecified atom stereocenters. The Morgan fingerprint density at radius 1 is 1.53 bits per heavy atom. The number of hydrogen-bond donors (Lipinski definition) is 1. The van der Waals surface area contributed by atoms with E-state index in [1.165, 1.54) is 11.3 Å². The molecule has 0 saturated carbocycles. The lowest BCUT2D eigenvalue weighted by Crippen LogP contribution is -2.32. The van der Waals surface area contributed by atoms with Crippen molar-refractivity contribution in [1.82, 2.24) is 15.5 Å². The molecule has 0 spiro atoms. The van der Waals surface area contributed by atoms with Gasteiger partial charge in [0.1, 0.15) is 0 Å². The Hall–Kier alpha value is -2.22. The minimum atomic E-state index is -0.930. The van der Waals surface area contributed by atoms with Gasteiger partial charge in [-0.3, -0.25) is 4.79 Å². The number of rotatable bonds is 4. The number of carbonyl (C=O) groups excluding carboxylic acids is 2. The molecule has 0 radical (unpaired) electrons. The summed E-state index contributed by atoms with van der Waals surface area (Å²) in [4.78, 5) is 27.3. The van der Waals surface area contributed by atoms with E-state index in [1.807, 2.05) is 17.5 Å². The molecule has 7 nitrogen and oxygen atoms in total. The summed E-state index contributed by atoms with van der Waals surface area (Å²) < 4.78 is 9.50. The molecule has 2 aromatic heterocycles. The molecule has 19 heavy (non-hydrogen) atoms. The number of aromatic nitrogens is 2. The summed E-state index contributed by atoms with van der Waals surface area (Å²) in [6, 6.07) is 3.73. The number of nitrogens with zero attached hydrogens (tertiary/aromatic N) is 2. The Morgan fingerprint density at radius 2 is 2.37 bits per heavy atom. The molecule has 100 valence electrons. The number of hydrogen-bond acceptors (Lipinski definition) is 7. The molecule has 0 fully saturated rings. The third-order valence-corrected chi connectivity index (χ3v) is 2.94. The maximum absolute atomic E-state index is 11.3. The van der Waals surface area contributed by atoms with Gasteiger partial charge in [0.05, 0.1) is 18.0 Å². The molecule has 8 heteroatoms. The van der Waals surface area contributed by atoms with Crippen molar-refractivity contribution in [2.24, 2.45) is 0 Å². The fraction of sp³-hybridized carbons (Fsp3) is 0.273. The van der Waals surface area contributed by atoms with Gasteiger partial charge in [0, 0.05) is 0 Å². The number of esters is 1. The van der Waals surface area contributed by atoms with Crippen molar-refractivity contribution in [2.75, 3.05) is 6.61 Å². The number of ether oxygens (including phenoxy) is 1. The summed E-state index contributed by atoms with van der Waals surface area (Å²) in [6.07, 6.45) is 0. The van der Waals surface area contributed by atoms with E-state index < -0.39 is 11.9 Å². The number of amides is 1. The Balaban J connectivity index is 1.90. The average molecular weight is 281 g/mol. The van der Waals surface area contributed by atoms with E-state index in [1.54, 1.807) is 6.92 Å². The van der Waals surface area contributed by atoms with Gasteiger partial charge in [-0.2, -0.15) is 4.98 Å². The quantitative estimate of drug-likeness (QED) is 0.663. The Bertz CT molecular complexity index is 564. The summed E-state index contributed by atoms with van der Waals surface area (Å²) in [7, 11) is 0. The molecular formula is C11H11N3O4S. The van der Waals surface area contributed by atoms with Crippen molar-refractivity contribution in [3.05, 3.63) is 23.4 Å². The average Bonchev–Trinajstić information content (AvgIpc) is 3.06. The summed E-state index contributed by atoms with van der Waals surface area (Å²) in [5, 5.41) is 8.01. The van der Waals surface area contributed by atoms with Crippen LogP contribution in [0, 0.1) is 0 Å². The van der Waals surface area contributed by atoms with Crippen LogP contribution in [0.25, 0.3) is 10.7 Å². The zero-order chi connectivity index (χ0) is 13.7. The molecule has 0 bridgehead atoms. The highest BCUT2D eigenvalue weighted by Gasteiger charge is 2.16. The van der Waals surface area contributed by atoms with Gasteiger partial charge < -0.3 is 14.6 Å². The third-order valence-electron chi connectivity index (χ3n) is 2.07. The maximum Gasteiger partial charge on any atom is 0.396 e. The first kappa shape index (κ1) is 13.2. The van der Waals surface area contributed by atoms with Crippen LogP contribution in [0.2, 0.25) is 0 Å². The Labute approximate surface area is 112 Å². The van der Waals surface area contributed by atoms with Crippen LogP contribution >= 0.6 is 11.3 Å². The van der Waals surface area contributed by atoms with E-state index in [9.17, 15) is 9.59 Å². The molecule has 0 saturated heterocycles. The van der Waals surface area contributed by atoms with Crippen LogP contribution in [0.5, 0.6) is 0 Å². The minimum absolute atomic E-state index is 0.0178. The fourth-order valence-electron chi connectivity index (χ4n) is 1.26. The van der Waals surface area contributed by atoms with Crippen molar-refractivity contribution >= 4 is 23.2 Å². The first-order chi connectivity index (χ1) is 9.20.